The van der Waals surface area contributed by atoms with Crippen LogP contribution in [0.1, 0.15) is 69.6 Å². The molecule has 0 amide bonds. The minimum Gasteiger partial charge on any atom is -0.0995 e. The van der Waals surface area contributed by atoms with Gasteiger partial charge in [-0.1, -0.05) is 98.2 Å². The van der Waals surface area contributed by atoms with Gasteiger partial charge in [0.05, 0.1) is 0 Å². The van der Waals surface area contributed by atoms with Gasteiger partial charge in [-0.05, 0) is 91.0 Å². The lowest BCUT2D eigenvalue weighted by Gasteiger charge is -2.42. The second kappa shape index (κ2) is 8.54. The highest BCUT2D eigenvalue weighted by Gasteiger charge is 2.45. The van der Waals surface area contributed by atoms with Crippen LogP contribution in [0.15, 0.2) is 83.0 Å². The van der Waals surface area contributed by atoms with E-state index in [1.54, 1.807) is 22.3 Å². The van der Waals surface area contributed by atoms with Crippen molar-refractivity contribution < 1.29 is 0 Å². The summed E-state index contributed by atoms with van der Waals surface area (Å²) in [5.41, 5.74) is 13.4. The average molecular weight is 423 g/mol. The van der Waals surface area contributed by atoms with Gasteiger partial charge < -0.3 is 0 Å². The first-order valence-corrected chi connectivity index (χ1v) is 12.7. The van der Waals surface area contributed by atoms with E-state index in [2.05, 4.69) is 69.9 Å². The SMILES string of the molecule is C=C1/C(=C\c2ccc3c(c2)CCC3)CC2=CC(C)C(C(=C)CCC)C(C3=CC=C(C)C3)C12. The molecule has 32 heavy (non-hydrogen) atoms. The Morgan fingerprint density at radius 1 is 1.09 bits per heavy atom. The van der Waals surface area contributed by atoms with Gasteiger partial charge in [-0.2, -0.15) is 0 Å². The van der Waals surface area contributed by atoms with Gasteiger partial charge in [0.25, 0.3) is 0 Å². The average Bonchev–Trinajstić information content (AvgIpc) is 3.47. The van der Waals surface area contributed by atoms with E-state index in [1.807, 2.05) is 0 Å². The quantitative estimate of drug-likeness (QED) is 0.417. The maximum atomic E-state index is 4.71. The molecule has 4 unspecified atom stereocenters. The molecule has 166 valence electrons. The van der Waals surface area contributed by atoms with E-state index in [0.717, 1.165) is 19.3 Å². The Balaban J connectivity index is 1.51. The third kappa shape index (κ3) is 3.72. The molecule has 0 saturated heterocycles. The number of allylic oxidation sites excluding steroid dienone is 9. The third-order valence-electron chi connectivity index (χ3n) is 8.37. The van der Waals surface area contributed by atoms with Crippen LogP contribution in [-0.2, 0) is 12.8 Å². The highest BCUT2D eigenvalue weighted by Crippen LogP contribution is 2.56. The molecule has 4 atom stereocenters. The predicted octanol–water partition coefficient (Wildman–Crippen LogP) is 8.58. The number of hydrogen-bond donors (Lipinski definition) is 0. The molecular weight excluding hydrogens is 384 g/mol. The summed E-state index contributed by atoms with van der Waals surface area (Å²) in [6, 6.07) is 7.10. The molecule has 1 fully saturated rings. The minimum absolute atomic E-state index is 0.441. The van der Waals surface area contributed by atoms with Gasteiger partial charge in [0, 0.05) is 5.92 Å². The fourth-order valence-electron chi connectivity index (χ4n) is 6.96. The highest BCUT2D eigenvalue weighted by atomic mass is 14.5. The van der Waals surface area contributed by atoms with E-state index in [-0.39, 0.29) is 0 Å². The van der Waals surface area contributed by atoms with Crippen molar-refractivity contribution in [3.05, 3.63) is 99.7 Å². The lowest BCUT2D eigenvalue weighted by Crippen LogP contribution is -2.34. The zero-order valence-corrected chi connectivity index (χ0v) is 20.2. The molecule has 0 N–H and O–H groups in total. The molecule has 0 spiro atoms. The lowest BCUT2D eigenvalue weighted by molar-refractivity contribution is 0.281. The van der Waals surface area contributed by atoms with Crippen LogP contribution < -0.4 is 0 Å². The second-order valence-corrected chi connectivity index (χ2v) is 10.7. The van der Waals surface area contributed by atoms with E-state index in [1.165, 1.54) is 53.5 Å². The minimum atomic E-state index is 0.441. The third-order valence-corrected chi connectivity index (χ3v) is 8.37. The number of fused-ring (bicyclic) bond motifs is 2. The normalized spacial score (nSPS) is 30.2. The van der Waals surface area contributed by atoms with Crippen molar-refractivity contribution in [1.29, 1.82) is 0 Å². The van der Waals surface area contributed by atoms with Gasteiger partial charge in [0.2, 0.25) is 0 Å². The van der Waals surface area contributed by atoms with Crippen LogP contribution in [0.4, 0.5) is 0 Å². The van der Waals surface area contributed by atoms with Crippen molar-refractivity contribution in [2.45, 2.75) is 65.7 Å². The molecule has 4 aliphatic rings. The van der Waals surface area contributed by atoms with Crippen molar-refractivity contribution in [2.24, 2.45) is 23.7 Å². The summed E-state index contributed by atoms with van der Waals surface area (Å²) in [5.74, 6) is 2.01. The standard InChI is InChI=1S/C32H38/c1-6-8-21(3)30-22(4)16-29-19-28(18-24-12-14-25-9-7-10-26(25)17-24)23(5)31(29)32(30)27-13-11-20(2)15-27/h11-14,16-18,22,30-32H,3,5-10,15,19H2,1-2,4H3/b28-18-. The molecule has 0 heterocycles. The van der Waals surface area contributed by atoms with Crippen LogP contribution in [0.25, 0.3) is 6.08 Å². The molecule has 1 aromatic carbocycles. The van der Waals surface area contributed by atoms with E-state index in [0.29, 0.717) is 23.7 Å². The van der Waals surface area contributed by atoms with Gasteiger partial charge in [0.1, 0.15) is 0 Å². The largest absolute Gasteiger partial charge is 0.0995 e. The maximum absolute atomic E-state index is 4.71. The summed E-state index contributed by atoms with van der Waals surface area (Å²) in [5, 5.41) is 0. The van der Waals surface area contributed by atoms with Gasteiger partial charge in [-0.25, -0.2) is 0 Å². The summed E-state index contributed by atoms with van der Waals surface area (Å²) >= 11 is 0. The first-order valence-electron chi connectivity index (χ1n) is 12.7. The Morgan fingerprint density at radius 3 is 2.66 bits per heavy atom. The Kier molecular flexibility index (Phi) is 5.74. The molecule has 0 radical (unpaired) electrons. The number of aryl methyl sites for hydroxylation is 2. The zero-order valence-electron chi connectivity index (χ0n) is 20.2. The molecular formula is C32H38. The molecule has 1 saturated carbocycles. The van der Waals surface area contributed by atoms with Gasteiger partial charge in [0.15, 0.2) is 0 Å². The zero-order chi connectivity index (χ0) is 22.4. The molecule has 0 aliphatic heterocycles. The summed E-state index contributed by atoms with van der Waals surface area (Å²) in [4.78, 5) is 0. The monoisotopic (exact) mass is 422 g/mol. The van der Waals surface area contributed by atoms with Crippen molar-refractivity contribution in [3.63, 3.8) is 0 Å². The van der Waals surface area contributed by atoms with Gasteiger partial charge in [-0.15, -0.1) is 0 Å². The van der Waals surface area contributed by atoms with E-state index < -0.39 is 0 Å². The Bertz CT molecular complexity index is 1080. The van der Waals surface area contributed by atoms with E-state index in [9.17, 15) is 0 Å². The van der Waals surface area contributed by atoms with Crippen molar-refractivity contribution in [1.82, 2.24) is 0 Å². The maximum Gasteiger partial charge on any atom is 0.0120 e. The molecule has 0 nitrogen and oxygen atoms in total. The fraction of sp³-hybridized carbons (Fsp3) is 0.438. The predicted molar refractivity (Wildman–Crippen MR) is 138 cm³/mol. The molecule has 5 rings (SSSR count). The van der Waals surface area contributed by atoms with Crippen molar-refractivity contribution in [2.75, 3.05) is 0 Å². The summed E-state index contributed by atoms with van der Waals surface area (Å²) in [6.07, 6.45) is 18.0. The van der Waals surface area contributed by atoms with Crippen LogP contribution in [0.5, 0.6) is 0 Å². The van der Waals surface area contributed by atoms with Crippen LogP contribution in [0, 0.1) is 23.7 Å². The molecule has 4 aliphatic carbocycles. The summed E-state index contributed by atoms with van der Waals surface area (Å²) in [6.45, 7) is 16.3. The van der Waals surface area contributed by atoms with Crippen LogP contribution in [0.3, 0.4) is 0 Å². The first-order chi connectivity index (χ1) is 15.5. The van der Waals surface area contributed by atoms with Crippen LogP contribution >= 0.6 is 0 Å². The fourth-order valence-corrected chi connectivity index (χ4v) is 6.96. The Hall–Kier alpha value is -2.34. The van der Waals surface area contributed by atoms with Crippen LogP contribution in [0.2, 0.25) is 0 Å². The molecule has 1 aromatic rings. The summed E-state index contributed by atoms with van der Waals surface area (Å²) in [7, 11) is 0. The van der Waals surface area contributed by atoms with Crippen molar-refractivity contribution >= 4 is 6.08 Å². The smallest absolute Gasteiger partial charge is 0.0120 e. The first kappa shape index (κ1) is 21.5. The highest BCUT2D eigenvalue weighted by molar-refractivity contribution is 5.65. The lowest BCUT2D eigenvalue weighted by atomic mass is 9.62. The number of hydrogen-bond acceptors (Lipinski definition) is 0. The summed E-state index contributed by atoms with van der Waals surface area (Å²) < 4.78 is 0. The van der Waals surface area contributed by atoms with Crippen molar-refractivity contribution in [3.8, 4) is 0 Å². The Morgan fingerprint density at radius 2 is 1.91 bits per heavy atom. The second-order valence-electron chi connectivity index (χ2n) is 10.7. The Labute approximate surface area is 195 Å². The van der Waals surface area contributed by atoms with Gasteiger partial charge >= 0.3 is 0 Å². The van der Waals surface area contributed by atoms with Crippen LogP contribution in [-0.4, -0.2) is 0 Å². The molecule has 0 bridgehead atoms. The number of rotatable bonds is 5. The van der Waals surface area contributed by atoms with E-state index >= 15 is 0 Å². The number of benzene rings is 1. The topological polar surface area (TPSA) is 0 Å². The molecule has 0 heteroatoms. The van der Waals surface area contributed by atoms with E-state index in [4.69, 9.17) is 6.58 Å². The van der Waals surface area contributed by atoms with Gasteiger partial charge in [-0.3, -0.25) is 0 Å². The molecule has 0 aromatic heterocycles.